The van der Waals surface area contributed by atoms with Gasteiger partial charge in [-0.1, -0.05) is 0 Å². The smallest absolute Gasteiger partial charge is 0.307 e. The van der Waals surface area contributed by atoms with Crippen molar-refractivity contribution in [2.45, 2.75) is 24.8 Å². The standard InChI is InChI=1S/C9H16N2O3S/c1-6-11-7(5-15-6)9(13)10-4-3-8(12)14-2/h6-7,11H,3-5H2,1-2H3,(H,10,13)/t6-,7-/m0/s1. The van der Waals surface area contributed by atoms with Gasteiger partial charge in [-0.15, -0.1) is 11.8 Å². The average Bonchev–Trinajstić information content (AvgIpc) is 2.64. The Morgan fingerprint density at radius 2 is 2.33 bits per heavy atom. The molecule has 0 spiro atoms. The van der Waals surface area contributed by atoms with E-state index in [-0.39, 0.29) is 24.3 Å². The third-order valence-electron chi connectivity index (χ3n) is 2.12. The number of esters is 1. The molecule has 86 valence electrons. The highest BCUT2D eigenvalue weighted by Crippen LogP contribution is 2.17. The van der Waals surface area contributed by atoms with E-state index in [2.05, 4.69) is 15.4 Å². The molecule has 1 aliphatic heterocycles. The molecule has 1 fully saturated rings. The third-order valence-corrected chi connectivity index (χ3v) is 3.28. The SMILES string of the molecule is COC(=O)CCNC(=O)[C@@H]1CS[C@@H](C)N1. The number of methoxy groups -OCH3 is 1. The van der Waals surface area contributed by atoms with Gasteiger partial charge in [0.05, 0.1) is 24.9 Å². The fourth-order valence-corrected chi connectivity index (χ4v) is 2.27. The summed E-state index contributed by atoms with van der Waals surface area (Å²) in [7, 11) is 1.33. The Labute approximate surface area is 93.3 Å². The molecule has 0 bridgehead atoms. The van der Waals surface area contributed by atoms with E-state index < -0.39 is 0 Å². The molecule has 0 aromatic carbocycles. The summed E-state index contributed by atoms with van der Waals surface area (Å²) in [4.78, 5) is 22.3. The Kier molecular flexibility index (Phi) is 4.90. The molecule has 0 saturated carbocycles. The molecular weight excluding hydrogens is 216 g/mol. The second-order valence-corrected chi connectivity index (χ2v) is 4.69. The first-order valence-electron chi connectivity index (χ1n) is 4.85. The molecule has 6 heteroatoms. The minimum Gasteiger partial charge on any atom is -0.469 e. The molecule has 0 aromatic rings. The van der Waals surface area contributed by atoms with Gasteiger partial charge < -0.3 is 10.1 Å². The van der Waals surface area contributed by atoms with Crippen molar-refractivity contribution in [3.05, 3.63) is 0 Å². The highest BCUT2D eigenvalue weighted by molar-refractivity contribution is 8.00. The molecule has 2 N–H and O–H groups in total. The van der Waals surface area contributed by atoms with Crippen LogP contribution >= 0.6 is 11.8 Å². The molecule has 1 amide bonds. The molecule has 1 rings (SSSR count). The van der Waals surface area contributed by atoms with Crippen LogP contribution < -0.4 is 10.6 Å². The number of amides is 1. The highest BCUT2D eigenvalue weighted by atomic mass is 32.2. The number of thioether (sulfide) groups is 1. The van der Waals surface area contributed by atoms with Gasteiger partial charge in [0.1, 0.15) is 0 Å². The monoisotopic (exact) mass is 232 g/mol. The van der Waals surface area contributed by atoms with Crippen LogP contribution in [0.15, 0.2) is 0 Å². The van der Waals surface area contributed by atoms with Crippen molar-refractivity contribution in [2.24, 2.45) is 0 Å². The third kappa shape index (κ3) is 4.09. The fraction of sp³-hybridized carbons (Fsp3) is 0.778. The van der Waals surface area contributed by atoms with E-state index in [0.29, 0.717) is 11.9 Å². The molecule has 5 nitrogen and oxygen atoms in total. The molecule has 1 heterocycles. The summed E-state index contributed by atoms with van der Waals surface area (Å²) < 4.78 is 4.46. The lowest BCUT2D eigenvalue weighted by molar-refractivity contribution is -0.140. The molecule has 0 aliphatic carbocycles. The number of hydrogen-bond acceptors (Lipinski definition) is 5. The van der Waals surface area contributed by atoms with Crippen molar-refractivity contribution in [1.29, 1.82) is 0 Å². The number of nitrogens with one attached hydrogen (secondary N) is 2. The van der Waals surface area contributed by atoms with Crippen LogP contribution in [0.5, 0.6) is 0 Å². The molecule has 1 saturated heterocycles. The van der Waals surface area contributed by atoms with E-state index in [0.717, 1.165) is 5.75 Å². The van der Waals surface area contributed by atoms with Crippen LogP contribution in [0.3, 0.4) is 0 Å². The van der Waals surface area contributed by atoms with E-state index in [1.807, 2.05) is 6.92 Å². The first-order chi connectivity index (χ1) is 7.13. The van der Waals surface area contributed by atoms with Gasteiger partial charge in [-0.2, -0.15) is 0 Å². The zero-order chi connectivity index (χ0) is 11.3. The van der Waals surface area contributed by atoms with Gasteiger partial charge in [0.2, 0.25) is 5.91 Å². The Morgan fingerprint density at radius 3 is 2.87 bits per heavy atom. The predicted molar refractivity (Wildman–Crippen MR) is 58.5 cm³/mol. The van der Waals surface area contributed by atoms with Gasteiger partial charge in [-0.05, 0) is 6.92 Å². The van der Waals surface area contributed by atoms with E-state index in [9.17, 15) is 9.59 Å². The number of carbonyl (C=O) groups is 2. The molecule has 15 heavy (non-hydrogen) atoms. The van der Waals surface area contributed by atoms with Crippen LogP contribution in [0.2, 0.25) is 0 Å². The molecule has 2 atom stereocenters. The number of hydrogen-bond donors (Lipinski definition) is 2. The van der Waals surface area contributed by atoms with Crippen LogP contribution in [0, 0.1) is 0 Å². The maximum absolute atomic E-state index is 11.5. The van der Waals surface area contributed by atoms with Crippen molar-refractivity contribution >= 4 is 23.6 Å². The lowest BCUT2D eigenvalue weighted by Gasteiger charge is -2.10. The van der Waals surface area contributed by atoms with Crippen LogP contribution in [-0.4, -0.2) is 42.7 Å². The summed E-state index contributed by atoms with van der Waals surface area (Å²) in [5.74, 6) is 0.429. The van der Waals surface area contributed by atoms with Crippen LogP contribution in [0.4, 0.5) is 0 Å². The normalized spacial score (nSPS) is 24.9. The molecule has 0 radical (unpaired) electrons. The van der Waals surface area contributed by atoms with Crippen molar-refractivity contribution in [3.63, 3.8) is 0 Å². The summed E-state index contributed by atoms with van der Waals surface area (Å²) in [5.41, 5.74) is 0. The summed E-state index contributed by atoms with van der Waals surface area (Å²) in [6, 6.07) is -0.136. The predicted octanol–water partition coefficient (Wildman–Crippen LogP) is -0.283. The van der Waals surface area contributed by atoms with E-state index in [1.54, 1.807) is 11.8 Å². The summed E-state index contributed by atoms with van der Waals surface area (Å²) >= 11 is 1.71. The second kappa shape index (κ2) is 5.97. The first kappa shape index (κ1) is 12.3. The van der Waals surface area contributed by atoms with Crippen LogP contribution in [0.25, 0.3) is 0 Å². The van der Waals surface area contributed by atoms with Crippen molar-refractivity contribution in [3.8, 4) is 0 Å². The van der Waals surface area contributed by atoms with Gasteiger partial charge >= 0.3 is 5.97 Å². The maximum atomic E-state index is 11.5. The van der Waals surface area contributed by atoms with Gasteiger partial charge in [0.15, 0.2) is 0 Å². The van der Waals surface area contributed by atoms with E-state index in [4.69, 9.17) is 0 Å². The van der Waals surface area contributed by atoms with Gasteiger partial charge in [0, 0.05) is 12.3 Å². The number of ether oxygens (including phenoxy) is 1. The zero-order valence-corrected chi connectivity index (χ0v) is 9.73. The minimum absolute atomic E-state index is 0.0456. The summed E-state index contributed by atoms with van der Waals surface area (Å²) in [5, 5.41) is 6.16. The van der Waals surface area contributed by atoms with Crippen molar-refractivity contribution in [1.82, 2.24) is 10.6 Å². The molecule has 0 aromatic heterocycles. The number of rotatable bonds is 4. The molecular formula is C9H16N2O3S. The van der Waals surface area contributed by atoms with Crippen LogP contribution in [-0.2, 0) is 14.3 Å². The van der Waals surface area contributed by atoms with Crippen molar-refractivity contribution in [2.75, 3.05) is 19.4 Å². The largest absolute Gasteiger partial charge is 0.469 e. The van der Waals surface area contributed by atoms with Crippen LogP contribution in [0.1, 0.15) is 13.3 Å². The van der Waals surface area contributed by atoms with E-state index in [1.165, 1.54) is 7.11 Å². The first-order valence-corrected chi connectivity index (χ1v) is 5.90. The Balaban J connectivity index is 2.16. The Morgan fingerprint density at radius 1 is 1.60 bits per heavy atom. The van der Waals surface area contributed by atoms with Crippen molar-refractivity contribution < 1.29 is 14.3 Å². The van der Waals surface area contributed by atoms with Gasteiger partial charge in [-0.3, -0.25) is 14.9 Å². The van der Waals surface area contributed by atoms with Gasteiger partial charge in [-0.25, -0.2) is 0 Å². The maximum Gasteiger partial charge on any atom is 0.307 e. The average molecular weight is 232 g/mol. The molecule has 0 unspecified atom stereocenters. The highest BCUT2D eigenvalue weighted by Gasteiger charge is 2.26. The zero-order valence-electron chi connectivity index (χ0n) is 8.91. The lowest BCUT2D eigenvalue weighted by Crippen LogP contribution is -2.44. The Bertz CT molecular complexity index is 248. The molecule has 1 aliphatic rings. The minimum atomic E-state index is -0.308. The summed E-state index contributed by atoms with van der Waals surface area (Å²) in [6.45, 7) is 2.36. The quantitative estimate of drug-likeness (QED) is 0.652. The van der Waals surface area contributed by atoms with Gasteiger partial charge in [0.25, 0.3) is 0 Å². The second-order valence-electron chi connectivity index (χ2n) is 3.31. The topological polar surface area (TPSA) is 67.4 Å². The number of carbonyl (C=O) groups excluding carboxylic acids is 2. The lowest BCUT2D eigenvalue weighted by atomic mass is 10.3. The summed E-state index contributed by atoms with van der Waals surface area (Å²) in [6.07, 6.45) is 0.220. The van der Waals surface area contributed by atoms with E-state index >= 15 is 0 Å². The fourth-order valence-electron chi connectivity index (χ4n) is 1.28. The Hall–Kier alpha value is -0.750.